The summed E-state index contributed by atoms with van der Waals surface area (Å²) in [5.74, 6) is 0. The first-order chi connectivity index (χ1) is 6.75. The first kappa shape index (κ1) is 14.4. The van der Waals surface area contributed by atoms with Crippen LogP contribution in [-0.2, 0) is 8.85 Å². The molecular weight excluding hydrogens is 212 g/mol. The summed E-state index contributed by atoms with van der Waals surface area (Å²) in [6.45, 7) is 9.69. The number of nitrogens with one attached hydrogen (secondary N) is 1. The van der Waals surface area contributed by atoms with Gasteiger partial charge in [0.15, 0.2) is 0 Å². The molecule has 0 aromatic carbocycles. The molecule has 0 bridgehead atoms. The van der Waals surface area contributed by atoms with Gasteiger partial charge in [0.25, 0.3) is 0 Å². The summed E-state index contributed by atoms with van der Waals surface area (Å²) in [5.41, 5.74) is 5.02. The van der Waals surface area contributed by atoms with Crippen LogP contribution in [-0.4, -0.2) is 33.0 Å². The Bertz CT molecular complexity index is 200. The minimum atomic E-state index is -2.35. The van der Waals surface area contributed by atoms with Gasteiger partial charge in [0.1, 0.15) is 0 Å². The van der Waals surface area contributed by atoms with Gasteiger partial charge in [-0.15, -0.1) is 0 Å². The highest BCUT2D eigenvalue weighted by molar-refractivity contribution is 6.66. The lowest BCUT2D eigenvalue weighted by Gasteiger charge is -2.30. The van der Waals surface area contributed by atoms with Crippen molar-refractivity contribution in [1.29, 1.82) is 0 Å². The van der Waals surface area contributed by atoms with E-state index < -0.39 is 14.6 Å². The van der Waals surface area contributed by atoms with Gasteiger partial charge in [-0.2, -0.15) is 0 Å². The van der Waals surface area contributed by atoms with Gasteiger partial charge >= 0.3 is 14.6 Å². The highest BCUT2D eigenvalue weighted by Gasteiger charge is 2.34. The van der Waals surface area contributed by atoms with Crippen LogP contribution >= 0.6 is 0 Å². The second kappa shape index (κ2) is 6.09. The first-order valence-electron chi connectivity index (χ1n) is 5.14. The quantitative estimate of drug-likeness (QED) is 0.676. The molecule has 6 heteroatoms. The molecule has 0 aromatic heterocycles. The van der Waals surface area contributed by atoms with Crippen LogP contribution in [0.15, 0.2) is 0 Å². The Hall–Kier alpha value is -0.593. The predicted octanol–water partition coefficient (Wildman–Crippen LogP) is 1.12. The lowest BCUT2D eigenvalue weighted by atomic mass is 10.5. The smallest absolute Gasteiger partial charge is 0.355 e. The van der Waals surface area contributed by atoms with Crippen molar-refractivity contribution in [2.75, 3.05) is 6.17 Å². The van der Waals surface area contributed by atoms with E-state index in [-0.39, 0.29) is 12.2 Å². The summed E-state index contributed by atoms with van der Waals surface area (Å²) < 4.78 is 11.5. The Kier molecular flexibility index (Phi) is 5.85. The van der Waals surface area contributed by atoms with E-state index in [1.807, 2.05) is 34.2 Å². The number of nitrogens with two attached hydrogens (primary N) is 1. The molecule has 5 nitrogen and oxygen atoms in total. The number of rotatable bonds is 6. The van der Waals surface area contributed by atoms with Gasteiger partial charge in [0.2, 0.25) is 0 Å². The molecule has 0 spiro atoms. The average molecular weight is 234 g/mol. The lowest BCUT2D eigenvalue weighted by Crippen LogP contribution is -2.53. The molecule has 0 saturated heterocycles. The second-order valence-corrected chi connectivity index (χ2v) is 7.28. The van der Waals surface area contributed by atoms with Crippen molar-refractivity contribution in [2.45, 2.75) is 46.4 Å². The molecule has 15 heavy (non-hydrogen) atoms. The zero-order valence-electron chi connectivity index (χ0n) is 10.2. The summed E-state index contributed by atoms with van der Waals surface area (Å²) in [7, 11) is -2.35. The van der Waals surface area contributed by atoms with Crippen molar-refractivity contribution in [3.8, 4) is 0 Å². The maximum Gasteiger partial charge on any atom is 0.355 e. The Balaban J connectivity index is 4.32. The minimum Gasteiger partial charge on any atom is -0.391 e. The van der Waals surface area contributed by atoms with Crippen LogP contribution in [0, 0.1) is 0 Å². The molecule has 2 amide bonds. The van der Waals surface area contributed by atoms with Gasteiger partial charge in [-0.05, 0) is 34.2 Å². The third-order valence-electron chi connectivity index (χ3n) is 1.55. The molecule has 0 aliphatic heterocycles. The van der Waals surface area contributed by atoms with Crippen molar-refractivity contribution in [3.63, 3.8) is 0 Å². The van der Waals surface area contributed by atoms with Gasteiger partial charge < -0.3 is 19.9 Å². The maximum atomic E-state index is 10.6. The highest BCUT2D eigenvalue weighted by Crippen LogP contribution is 2.12. The van der Waals surface area contributed by atoms with Crippen molar-refractivity contribution >= 4 is 14.6 Å². The van der Waals surface area contributed by atoms with Crippen LogP contribution in [0.4, 0.5) is 4.79 Å². The fraction of sp³-hybridized carbons (Fsp3) is 0.889. The number of primary amides is 1. The van der Waals surface area contributed by atoms with Crippen molar-refractivity contribution in [2.24, 2.45) is 5.73 Å². The van der Waals surface area contributed by atoms with E-state index in [9.17, 15) is 4.79 Å². The number of hydrogen-bond acceptors (Lipinski definition) is 3. The maximum absolute atomic E-state index is 10.6. The molecule has 0 aliphatic rings. The molecule has 0 aliphatic carbocycles. The van der Waals surface area contributed by atoms with Crippen LogP contribution in [0.1, 0.15) is 27.7 Å². The number of carbonyl (C=O) groups is 1. The SMILES string of the molecule is CC(C)O[Si](C)(CNC(N)=O)OC(C)C. The van der Waals surface area contributed by atoms with Crippen molar-refractivity contribution in [1.82, 2.24) is 5.32 Å². The Labute approximate surface area is 92.6 Å². The van der Waals surface area contributed by atoms with E-state index >= 15 is 0 Å². The summed E-state index contributed by atoms with van der Waals surface area (Å²) in [6.07, 6.45) is 0.531. The first-order valence-corrected chi connectivity index (χ1v) is 7.66. The predicted molar refractivity (Wildman–Crippen MR) is 61.6 cm³/mol. The zero-order valence-corrected chi connectivity index (χ0v) is 11.2. The summed E-state index contributed by atoms with van der Waals surface area (Å²) in [5, 5.41) is 2.55. The highest BCUT2D eigenvalue weighted by atomic mass is 28.4. The minimum absolute atomic E-state index is 0.0788. The van der Waals surface area contributed by atoms with E-state index in [4.69, 9.17) is 14.6 Å². The molecule has 0 saturated carbocycles. The number of hydrogen-bond donors (Lipinski definition) is 2. The van der Waals surface area contributed by atoms with Crippen LogP contribution in [0.25, 0.3) is 0 Å². The monoisotopic (exact) mass is 234 g/mol. The molecule has 0 unspecified atom stereocenters. The molecular formula is C9H22N2O3Si. The fourth-order valence-corrected chi connectivity index (χ4v) is 4.07. The van der Waals surface area contributed by atoms with E-state index in [1.54, 1.807) is 0 Å². The lowest BCUT2D eigenvalue weighted by molar-refractivity contribution is 0.109. The second-order valence-electron chi connectivity index (χ2n) is 4.18. The molecule has 0 radical (unpaired) electrons. The normalized spacial score (nSPS) is 12.2. The Morgan fingerprint density at radius 3 is 1.93 bits per heavy atom. The topological polar surface area (TPSA) is 73.6 Å². The standard InChI is InChI=1S/C9H22N2O3Si/c1-7(2)13-15(5,14-8(3)4)6-11-9(10)12/h7-8H,6H2,1-5H3,(H3,10,11,12). The van der Waals surface area contributed by atoms with Gasteiger partial charge in [0, 0.05) is 12.2 Å². The number of carbonyl (C=O) groups excluding carboxylic acids is 1. The summed E-state index contributed by atoms with van der Waals surface area (Å²) in [4.78, 5) is 10.6. The largest absolute Gasteiger partial charge is 0.391 e. The van der Waals surface area contributed by atoms with Crippen LogP contribution in [0.2, 0.25) is 6.55 Å². The van der Waals surface area contributed by atoms with Crippen molar-refractivity contribution < 1.29 is 13.6 Å². The molecule has 90 valence electrons. The third-order valence-corrected chi connectivity index (χ3v) is 4.31. The van der Waals surface area contributed by atoms with Gasteiger partial charge in [-0.3, -0.25) is 0 Å². The van der Waals surface area contributed by atoms with E-state index in [0.717, 1.165) is 0 Å². The van der Waals surface area contributed by atoms with Crippen LogP contribution < -0.4 is 11.1 Å². The zero-order chi connectivity index (χ0) is 12.1. The molecule has 0 aromatic rings. The van der Waals surface area contributed by atoms with E-state index in [0.29, 0.717) is 6.17 Å². The molecule has 0 heterocycles. The van der Waals surface area contributed by atoms with Gasteiger partial charge in [-0.1, -0.05) is 0 Å². The molecule has 3 N–H and O–H groups in total. The van der Waals surface area contributed by atoms with Crippen molar-refractivity contribution in [3.05, 3.63) is 0 Å². The van der Waals surface area contributed by atoms with Gasteiger partial charge in [0.05, 0.1) is 6.17 Å². The third kappa shape index (κ3) is 7.35. The molecule has 0 atom stereocenters. The average Bonchev–Trinajstić information content (AvgIpc) is 1.97. The fourth-order valence-electron chi connectivity index (χ4n) is 1.36. The Morgan fingerprint density at radius 1 is 1.27 bits per heavy atom. The summed E-state index contributed by atoms with van der Waals surface area (Å²) >= 11 is 0. The number of urea groups is 1. The Morgan fingerprint density at radius 2 is 1.67 bits per heavy atom. The van der Waals surface area contributed by atoms with E-state index in [2.05, 4.69) is 5.32 Å². The molecule has 0 rings (SSSR count). The van der Waals surface area contributed by atoms with E-state index in [1.165, 1.54) is 0 Å². The van der Waals surface area contributed by atoms with Crippen LogP contribution in [0.5, 0.6) is 0 Å². The van der Waals surface area contributed by atoms with Crippen LogP contribution in [0.3, 0.4) is 0 Å². The number of amides is 2. The van der Waals surface area contributed by atoms with Gasteiger partial charge in [-0.25, -0.2) is 4.79 Å². The summed E-state index contributed by atoms with van der Waals surface area (Å²) in [6, 6.07) is -0.548. The molecule has 0 fully saturated rings.